The molecule has 7 nitrogen and oxygen atoms in total. The number of aromatic nitrogens is 1. The highest BCUT2D eigenvalue weighted by atomic mass is 79.9. The van der Waals surface area contributed by atoms with Crippen molar-refractivity contribution in [1.29, 1.82) is 0 Å². The maximum atomic E-state index is 14.1. The van der Waals surface area contributed by atoms with Crippen molar-refractivity contribution >= 4 is 45.1 Å². The quantitative estimate of drug-likeness (QED) is 0.371. The second kappa shape index (κ2) is 9.33. The van der Waals surface area contributed by atoms with Gasteiger partial charge in [0.05, 0.1) is 17.6 Å². The zero-order valence-corrected chi connectivity index (χ0v) is 21.8. The summed E-state index contributed by atoms with van der Waals surface area (Å²) >= 11 is 3.47. The van der Waals surface area contributed by atoms with E-state index in [4.69, 9.17) is 0 Å². The molecule has 0 spiro atoms. The van der Waals surface area contributed by atoms with E-state index in [-0.39, 0.29) is 29.1 Å². The lowest BCUT2D eigenvalue weighted by molar-refractivity contribution is -0.122. The number of pyridine rings is 1. The van der Waals surface area contributed by atoms with Gasteiger partial charge in [0.2, 0.25) is 11.9 Å². The van der Waals surface area contributed by atoms with Gasteiger partial charge in [0, 0.05) is 27.7 Å². The number of carbonyl (C=O) groups is 3. The van der Waals surface area contributed by atoms with Crippen LogP contribution in [0.2, 0.25) is 0 Å². The van der Waals surface area contributed by atoms with Crippen LogP contribution in [-0.4, -0.2) is 44.4 Å². The number of aryl methyl sites for hydroxylation is 1. The summed E-state index contributed by atoms with van der Waals surface area (Å²) in [6, 6.07) is 6.46. The Morgan fingerprint density at radius 1 is 1.14 bits per heavy atom. The van der Waals surface area contributed by atoms with Crippen LogP contribution >= 0.6 is 15.9 Å². The Morgan fingerprint density at radius 2 is 1.80 bits per heavy atom. The fourth-order valence-corrected chi connectivity index (χ4v) is 6.14. The van der Waals surface area contributed by atoms with Crippen LogP contribution in [0, 0.1) is 24.7 Å². The molecule has 1 aliphatic heterocycles. The Labute approximate surface area is 212 Å². The average molecular weight is 546 g/mol. The molecule has 35 heavy (non-hydrogen) atoms. The summed E-state index contributed by atoms with van der Waals surface area (Å²) in [6.45, 7) is 7.48. The molecule has 1 N–H and O–H groups in total. The van der Waals surface area contributed by atoms with Gasteiger partial charge in [-0.25, -0.2) is 9.78 Å². The molecule has 4 rings (SSSR count). The van der Waals surface area contributed by atoms with E-state index in [9.17, 15) is 23.9 Å². The molecule has 2 aromatic rings. The van der Waals surface area contributed by atoms with Crippen molar-refractivity contribution in [2.24, 2.45) is 11.8 Å². The predicted molar refractivity (Wildman–Crippen MR) is 133 cm³/mol. The van der Waals surface area contributed by atoms with Gasteiger partial charge >= 0.3 is 6.09 Å². The zero-order valence-electron chi connectivity index (χ0n) is 20.2. The standard InChI is InChI=1S/C26H29BrFN3O4/c1-14-9-16(27)11-18(10-14)30-20-13-29-21(28)12-19(20)23(32)22(24(30)33)15-5-7-17(8-6-15)31(25(34)35)26(2,3)4/h9-13,15,17,22H,5-8H2,1-4H3,(H,34,35). The number of hydrogen-bond acceptors (Lipinski definition) is 4. The van der Waals surface area contributed by atoms with E-state index in [0.717, 1.165) is 16.1 Å². The van der Waals surface area contributed by atoms with Crippen molar-refractivity contribution in [3.05, 3.63) is 52.0 Å². The van der Waals surface area contributed by atoms with E-state index in [1.807, 2.05) is 39.8 Å². The monoisotopic (exact) mass is 545 g/mol. The number of anilines is 2. The Balaban J connectivity index is 1.68. The number of fused-ring (bicyclic) bond motifs is 1. The van der Waals surface area contributed by atoms with Crippen molar-refractivity contribution in [2.75, 3.05) is 4.90 Å². The molecule has 2 amide bonds. The van der Waals surface area contributed by atoms with Crippen LogP contribution in [0.15, 0.2) is 34.9 Å². The summed E-state index contributed by atoms with van der Waals surface area (Å²) < 4.78 is 14.9. The fraction of sp³-hybridized carbons (Fsp3) is 0.462. The van der Waals surface area contributed by atoms with E-state index < -0.39 is 29.3 Å². The first kappa shape index (κ1) is 25.3. The van der Waals surface area contributed by atoms with Gasteiger partial charge in [0.1, 0.15) is 5.92 Å². The van der Waals surface area contributed by atoms with Gasteiger partial charge in [-0.1, -0.05) is 15.9 Å². The first-order valence-electron chi connectivity index (χ1n) is 11.7. The number of carboxylic acid groups (broad SMARTS) is 1. The zero-order chi connectivity index (χ0) is 25.7. The first-order valence-corrected chi connectivity index (χ1v) is 12.5. The Hall–Kier alpha value is -2.81. The number of benzene rings is 1. The van der Waals surface area contributed by atoms with Crippen LogP contribution in [0.5, 0.6) is 0 Å². The summed E-state index contributed by atoms with van der Waals surface area (Å²) in [5.74, 6) is -2.76. The van der Waals surface area contributed by atoms with Crippen LogP contribution in [-0.2, 0) is 4.79 Å². The predicted octanol–water partition coefficient (Wildman–Crippen LogP) is 6.11. The smallest absolute Gasteiger partial charge is 0.407 e. The Morgan fingerprint density at radius 3 is 2.37 bits per heavy atom. The van der Waals surface area contributed by atoms with E-state index in [1.165, 1.54) is 16.0 Å². The molecule has 1 unspecified atom stereocenters. The largest absolute Gasteiger partial charge is 0.465 e. The van der Waals surface area contributed by atoms with Gasteiger partial charge in [-0.05, 0) is 83.1 Å². The number of rotatable bonds is 3. The number of amides is 2. The van der Waals surface area contributed by atoms with Gasteiger partial charge in [-0.15, -0.1) is 0 Å². The lowest BCUT2D eigenvalue weighted by atomic mass is 9.72. The highest BCUT2D eigenvalue weighted by molar-refractivity contribution is 9.10. The molecule has 0 bridgehead atoms. The minimum absolute atomic E-state index is 0.142. The van der Waals surface area contributed by atoms with Crippen molar-refractivity contribution in [2.45, 2.75) is 65.0 Å². The van der Waals surface area contributed by atoms with Gasteiger partial charge < -0.3 is 10.0 Å². The molecule has 0 radical (unpaired) electrons. The maximum absolute atomic E-state index is 14.1. The summed E-state index contributed by atoms with van der Waals surface area (Å²) in [5, 5.41) is 9.77. The van der Waals surface area contributed by atoms with Crippen LogP contribution < -0.4 is 4.90 Å². The van der Waals surface area contributed by atoms with E-state index >= 15 is 0 Å². The second-order valence-corrected chi connectivity index (χ2v) is 11.3. The van der Waals surface area contributed by atoms with Crippen LogP contribution in [0.1, 0.15) is 62.4 Å². The topological polar surface area (TPSA) is 90.8 Å². The maximum Gasteiger partial charge on any atom is 0.407 e. The molecule has 186 valence electrons. The molecule has 1 fully saturated rings. The highest BCUT2D eigenvalue weighted by Crippen LogP contribution is 2.43. The molecular weight excluding hydrogens is 517 g/mol. The number of carbonyl (C=O) groups excluding carboxylic acids is 2. The van der Waals surface area contributed by atoms with E-state index in [0.29, 0.717) is 31.4 Å². The minimum Gasteiger partial charge on any atom is -0.465 e. The Kier molecular flexibility index (Phi) is 6.74. The third kappa shape index (κ3) is 4.83. The van der Waals surface area contributed by atoms with E-state index in [2.05, 4.69) is 20.9 Å². The number of Topliss-reactive ketones (excluding diaryl/α,β-unsaturated/α-hetero) is 1. The SMILES string of the molecule is Cc1cc(Br)cc(N2C(=O)C(C3CCC(N(C(=O)O)C(C)(C)C)CC3)C(=O)c3cc(F)ncc32)c1. The second-order valence-electron chi connectivity index (χ2n) is 10.4. The molecule has 1 atom stereocenters. The summed E-state index contributed by atoms with van der Waals surface area (Å²) in [4.78, 5) is 45.9. The van der Waals surface area contributed by atoms with Crippen molar-refractivity contribution in [1.82, 2.24) is 9.88 Å². The molecule has 0 saturated heterocycles. The number of halogens is 2. The molecule has 2 aliphatic rings. The molecular formula is C26H29BrFN3O4. The van der Waals surface area contributed by atoms with Crippen molar-refractivity contribution in [3.8, 4) is 0 Å². The van der Waals surface area contributed by atoms with Gasteiger partial charge in [0.15, 0.2) is 5.78 Å². The summed E-state index contributed by atoms with van der Waals surface area (Å²) in [5.41, 5.74) is 1.35. The number of nitrogens with zero attached hydrogens (tertiary/aromatic N) is 3. The third-order valence-corrected chi connectivity index (χ3v) is 7.37. The number of ketones is 1. The third-order valence-electron chi connectivity index (χ3n) is 6.92. The van der Waals surface area contributed by atoms with Crippen LogP contribution in [0.25, 0.3) is 0 Å². The average Bonchev–Trinajstić information content (AvgIpc) is 2.73. The lowest BCUT2D eigenvalue weighted by Gasteiger charge is -2.44. The molecule has 9 heteroatoms. The first-order chi connectivity index (χ1) is 16.4. The highest BCUT2D eigenvalue weighted by Gasteiger charge is 2.47. The summed E-state index contributed by atoms with van der Waals surface area (Å²) in [7, 11) is 0. The number of hydrogen-bond donors (Lipinski definition) is 1. The molecule has 1 saturated carbocycles. The Bertz CT molecular complexity index is 1170. The van der Waals surface area contributed by atoms with Crippen LogP contribution in [0.3, 0.4) is 0 Å². The van der Waals surface area contributed by atoms with E-state index in [1.54, 1.807) is 6.07 Å². The van der Waals surface area contributed by atoms with Crippen molar-refractivity contribution in [3.63, 3.8) is 0 Å². The minimum atomic E-state index is -0.973. The van der Waals surface area contributed by atoms with Crippen molar-refractivity contribution < 1.29 is 23.9 Å². The molecule has 1 aromatic heterocycles. The molecule has 1 aliphatic carbocycles. The van der Waals surface area contributed by atoms with Crippen LogP contribution in [0.4, 0.5) is 20.6 Å². The normalized spacial score (nSPS) is 22.7. The molecule has 1 aromatic carbocycles. The molecule has 2 heterocycles. The van der Waals surface area contributed by atoms with Gasteiger partial charge in [-0.2, -0.15) is 4.39 Å². The fourth-order valence-electron chi connectivity index (χ4n) is 5.55. The summed E-state index contributed by atoms with van der Waals surface area (Å²) in [6.07, 6.45) is 2.43. The lowest BCUT2D eigenvalue weighted by Crippen LogP contribution is -2.53. The van der Waals surface area contributed by atoms with Gasteiger partial charge in [0.25, 0.3) is 0 Å². The van der Waals surface area contributed by atoms with Gasteiger partial charge in [-0.3, -0.25) is 14.5 Å².